The number of hydrogen-bond donors (Lipinski definition) is 0. The van der Waals surface area contributed by atoms with Crippen molar-refractivity contribution >= 4 is 23.2 Å². The average Bonchev–Trinajstić information content (AvgIpc) is 3.17. The van der Waals surface area contributed by atoms with Crippen LogP contribution < -0.4 is 0 Å². The van der Waals surface area contributed by atoms with Gasteiger partial charge >= 0.3 is 6.09 Å². The number of hydrogen-bond acceptors (Lipinski definition) is 4. The van der Waals surface area contributed by atoms with E-state index in [1.807, 2.05) is 37.1 Å². The van der Waals surface area contributed by atoms with E-state index in [1.165, 1.54) is 55.4 Å². The summed E-state index contributed by atoms with van der Waals surface area (Å²) in [5.74, 6) is 2.07. The van der Waals surface area contributed by atoms with Crippen LogP contribution in [0.4, 0.5) is 4.79 Å². The third-order valence-corrected chi connectivity index (χ3v) is 8.54. The van der Waals surface area contributed by atoms with Gasteiger partial charge in [0.15, 0.2) is 5.78 Å². The number of carbonyl (C=O) groups excluding carboxylic acids is 2. The van der Waals surface area contributed by atoms with Gasteiger partial charge in [0.25, 0.3) is 0 Å². The molecule has 1 amide bonds. The number of thiophene rings is 1. The molecule has 3 fully saturated rings. The lowest BCUT2D eigenvalue weighted by Crippen LogP contribution is -2.41. The molecule has 0 bridgehead atoms. The van der Waals surface area contributed by atoms with E-state index in [-0.39, 0.29) is 11.9 Å². The van der Waals surface area contributed by atoms with Crippen molar-refractivity contribution in [1.29, 1.82) is 0 Å². The number of rotatable bonds is 3. The van der Waals surface area contributed by atoms with Crippen molar-refractivity contribution in [3.05, 3.63) is 33.5 Å². The number of likely N-dealkylation sites (tertiary alicyclic amines) is 1. The summed E-state index contributed by atoms with van der Waals surface area (Å²) < 4.78 is 5.51. The lowest BCUT2D eigenvalue weighted by Gasteiger charge is -2.33. The van der Waals surface area contributed by atoms with Gasteiger partial charge in [0, 0.05) is 28.9 Å². The van der Waals surface area contributed by atoms with Crippen LogP contribution in [0.3, 0.4) is 0 Å². The largest absolute Gasteiger partial charge is 0.444 e. The quantitative estimate of drug-likeness (QED) is 0.352. The van der Waals surface area contributed by atoms with Crippen LogP contribution in [0.15, 0.2) is 23.1 Å². The Morgan fingerprint density at radius 2 is 1.72 bits per heavy atom. The molecular formula is C27H39NO3S. The molecule has 2 atom stereocenters. The first-order valence-electron chi connectivity index (χ1n) is 12.6. The van der Waals surface area contributed by atoms with Crippen molar-refractivity contribution in [2.75, 3.05) is 13.1 Å². The van der Waals surface area contributed by atoms with Crippen LogP contribution in [0.25, 0.3) is 0 Å². The predicted molar refractivity (Wildman–Crippen MR) is 130 cm³/mol. The van der Waals surface area contributed by atoms with Crippen molar-refractivity contribution in [3.63, 3.8) is 0 Å². The van der Waals surface area contributed by atoms with E-state index in [4.69, 9.17) is 4.74 Å². The molecule has 2 heterocycles. The number of fused-ring (bicyclic) bond motifs is 1. The van der Waals surface area contributed by atoms with Crippen LogP contribution in [0.5, 0.6) is 0 Å². The minimum Gasteiger partial charge on any atom is -0.444 e. The van der Waals surface area contributed by atoms with Gasteiger partial charge in [-0.2, -0.15) is 0 Å². The monoisotopic (exact) mass is 457 g/mol. The summed E-state index contributed by atoms with van der Waals surface area (Å²) in [6, 6.07) is 2.12. The molecule has 0 aromatic carbocycles. The van der Waals surface area contributed by atoms with E-state index in [0.29, 0.717) is 24.9 Å². The maximum atomic E-state index is 13.1. The van der Waals surface area contributed by atoms with Gasteiger partial charge in [0.1, 0.15) is 5.60 Å². The number of allylic oxidation sites excluding steroid dienone is 2. The molecule has 2 unspecified atom stereocenters. The summed E-state index contributed by atoms with van der Waals surface area (Å²) in [5, 5.41) is 2.05. The first-order valence-corrected chi connectivity index (χ1v) is 13.5. The van der Waals surface area contributed by atoms with Crippen LogP contribution in [0.1, 0.15) is 106 Å². The molecule has 176 valence electrons. The van der Waals surface area contributed by atoms with Crippen molar-refractivity contribution in [2.45, 2.75) is 96.5 Å². The highest BCUT2D eigenvalue weighted by Gasteiger charge is 2.31. The van der Waals surface area contributed by atoms with Crippen molar-refractivity contribution < 1.29 is 14.3 Å². The number of nitrogens with zero attached hydrogens (tertiary/aromatic N) is 1. The first-order chi connectivity index (χ1) is 15.3. The molecule has 1 aromatic rings. The zero-order valence-electron chi connectivity index (χ0n) is 20.0. The van der Waals surface area contributed by atoms with Gasteiger partial charge in [-0.25, -0.2) is 4.79 Å². The predicted octanol–water partition coefficient (Wildman–Crippen LogP) is 7.35. The van der Waals surface area contributed by atoms with E-state index >= 15 is 0 Å². The van der Waals surface area contributed by atoms with Crippen LogP contribution in [0, 0.1) is 11.8 Å². The fourth-order valence-electron chi connectivity index (χ4n) is 5.76. The molecule has 4 rings (SSSR count). The molecule has 32 heavy (non-hydrogen) atoms. The third kappa shape index (κ3) is 5.84. The Labute approximate surface area is 197 Å². The van der Waals surface area contributed by atoms with Gasteiger partial charge in [-0.05, 0) is 95.6 Å². The maximum absolute atomic E-state index is 13.1. The fourth-order valence-corrected chi connectivity index (χ4v) is 6.83. The van der Waals surface area contributed by atoms with Crippen molar-refractivity contribution in [2.24, 2.45) is 11.8 Å². The standard InChI is InChI=1S/C27H39NO3S/c1-27(2,3)31-26(30)28-14-12-20(13-15-28)25-17-22(18-32-25)24(29)16-21-10-5-4-8-19-9-6-7-11-23(19)21/h16-20,23H,4-15H2,1-3H3/b21-16+. The first kappa shape index (κ1) is 23.5. The molecular weight excluding hydrogens is 418 g/mol. The van der Waals surface area contributed by atoms with Gasteiger partial charge in [-0.15, -0.1) is 11.3 Å². The summed E-state index contributed by atoms with van der Waals surface area (Å²) >= 11 is 1.71. The van der Waals surface area contributed by atoms with Gasteiger partial charge in [-0.1, -0.05) is 24.8 Å². The normalized spacial score (nSPS) is 26.5. The Hall–Kier alpha value is -1.62. The van der Waals surface area contributed by atoms with E-state index < -0.39 is 5.60 Å². The van der Waals surface area contributed by atoms with E-state index in [2.05, 4.69) is 6.07 Å². The molecule has 2 saturated carbocycles. The number of ether oxygens (including phenoxy) is 1. The number of piperidine rings is 1. The SMILES string of the molecule is CC(C)(C)OC(=O)N1CCC(c2cc(C(=O)/C=C3\CCCCC4CCCCC34)cs2)CC1. The van der Waals surface area contributed by atoms with Crippen molar-refractivity contribution in [1.82, 2.24) is 4.90 Å². The van der Waals surface area contributed by atoms with Gasteiger partial charge in [-0.3, -0.25) is 4.79 Å². The highest BCUT2D eigenvalue weighted by atomic mass is 32.1. The molecule has 2 aliphatic carbocycles. The minimum atomic E-state index is -0.458. The Kier molecular flexibility index (Phi) is 7.44. The summed E-state index contributed by atoms with van der Waals surface area (Å²) in [4.78, 5) is 28.6. The smallest absolute Gasteiger partial charge is 0.410 e. The van der Waals surface area contributed by atoms with Gasteiger partial charge in [0.05, 0.1) is 0 Å². The second-order valence-electron chi connectivity index (χ2n) is 11.0. The molecule has 4 nitrogen and oxygen atoms in total. The highest BCUT2D eigenvalue weighted by Crippen LogP contribution is 2.42. The molecule has 1 saturated heterocycles. The zero-order valence-corrected chi connectivity index (χ0v) is 20.8. The molecule has 0 N–H and O–H groups in total. The van der Waals surface area contributed by atoms with E-state index in [0.717, 1.165) is 30.7 Å². The van der Waals surface area contributed by atoms with Crippen LogP contribution in [-0.4, -0.2) is 35.5 Å². The van der Waals surface area contributed by atoms with Crippen LogP contribution >= 0.6 is 11.3 Å². The molecule has 3 aliphatic rings. The molecule has 0 radical (unpaired) electrons. The second kappa shape index (κ2) is 10.1. The molecule has 5 heteroatoms. The summed E-state index contributed by atoms with van der Waals surface area (Å²) in [7, 11) is 0. The molecule has 1 aliphatic heterocycles. The highest BCUT2D eigenvalue weighted by molar-refractivity contribution is 7.10. The average molecular weight is 458 g/mol. The number of amides is 1. The van der Waals surface area contributed by atoms with Crippen LogP contribution in [0.2, 0.25) is 0 Å². The summed E-state index contributed by atoms with van der Waals surface area (Å²) in [6.07, 6.45) is 14.0. The Balaban J connectivity index is 1.37. The minimum absolute atomic E-state index is 0.194. The van der Waals surface area contributed by atoms with E-state index in [1.54, 1.807) is 11.3 Å². The summed E-state index contributed by atoms with van der Waals surface area (Å²) in [6.45, 7) is 7.14. The fraction of sp³-hybridized carbons (Fsp3) is 0.704. The lowest BCUT2D eigenvalue weighted by atomic mass is 9.74. The number of carbonyl (C=O) groups is 2. The topological polar surface area (TPSA) is 46.6 Å². The Bertz CT molecular complexity index is 841. The third-order valence-electron chi connectivity index (χ3n) is 7.45. The second-order valence-corrected chi connectivity index (χ2v) is 11.9. The molecule has 1 aromatic heterocycles. The zero-order chi connectivity index (χ0) is 22.7. The van der Waals surface area contributed by atoms with E-state index in [9.17, 15) is 9.59 Å². The van der Waals surface area contributed by atoms with Crippen molar-refractivity contribution in [3.8, 4) is 0 Å². The van der Waals surface area contributed by atoms with Crippen LogP contribution in [-0.2, 0) is 4.74 Å². The summed E-state index contributed by atoms with van der Waals surface area (Å²) in [5.41, 5.74) is 1.82. The maximum Gasteiger partial charge on any atom is 0.410 e. The van der Waals surface area contributed by atoms with Gasteiger partial charge in [0.2, 0.25) is 0 Å². The lowest BCUT2D eigenvalue weighted by molar-refractivity contribution is 0.0205. The Morgan fingerprint density at radius 1 is 1.03 bits per heavy atom. The number of ketones is 1. The Morgan fingerprint density at radius 3 is 2.44 bits per heavy atom. The molecule has 0 spiro atoms. The van der Waals surface area contributed by atoms with Gasteiger partial charge < -0.3 is 9.64 Å².